The van der Waals surface area contributed by atoms with E-state index in [9.17, 15) is 0 Å². The van der Waals surface area contributed by atoms with E-state index in [1.807, 2.05) is 54.6 Å². The monoisotopic (exact) mass is 263 g/mol. The van der Waals surface area contributed by atoms with Crippen LogP contribution in [0.2, 0.25) is 0 Å². The molecule has 0 bridgehead atoms. The summed E-state index contributed by atoms with van der Waals surface area (Å²) >= 11 is 0. The molecule has 1 aliphatic rings. The zero-order valence-electron chi connectivity index (χ0n) is 10.5. The number of benzene rings is 2. The lowest BCUT2D eigenvalue weighted by Gasteiger charge is -2.09. The molecule has 0 saturated heterocycles. The highest BCUT2D eigenvalue weighted by Gasteiger charge is 2.37. The van der Waals surface area contributed by atoms with Gasteiger partial charge in [0.05, 0.1) is 0 Å². The summed E-state index contributed by atoms with van der Waals surface area (Å²) in [4.78, 5) is 4.34. The Labute approximate surface area is 116 Å². The van der Waals surface area contributed by atoms with Gasteiger partial charge in [0.1, 0.15) is 22.8 Å². The van der Waals surface area contributed by atoms with Crippen LogP contribution in [0.3, 0.4) is 0 Å². The summed E-state index contributed by atoms with van der Waals surface area (Å²) in [7, 11) is -0.778. The van der Waals surface area contributed by atoms with Gasteiger partial charge in [0.25, 0.3) is 0 Å². The van der Waals surface area contributed by atoms with Crippen LogP contribution in [0.25, 0.3) is 10.9 Å². The van der Waals surface area contributed by atoms with Gasteiger partial charge in [-0.1, -0.05) is 30.3 Å². The molecule has 0 unspecified atom stereocenters. The minimum atomic E-state index is -0.778. The molecule has 4 nitrogen and oxygen atoms in total. The summed E-state index contributed by atoms with van der Waals surface area (Å²) in [6, 6.07) is 17.1. The molecule has 3 aromatic rings. The van der Waals surface area contributed by atoms with Crippen LogP contribution in [-0.4, -0.2) is 12.3 Å². The van der Waals surface area contributed by atoms with Crippen molar-refractivity contribution in [1.82, 2.24) is 4.98 Å². The zero-order chi connectivity index (χ0) is 13.4. The van der Waals surface area contributed by atoms with E-state index >= 15 is 0 Å². The van der Waals surface area contributed by atoms with Crippen LogP contribution < -0.4 is 14.0 Å². The highest BCUT2D eigenvalue weighted by Crippen LogP contribution is 2.34. The van der Waals surface area contributed by atoms with Crippen molar-refractivity contribution in [3.05, 3.63) is 60.8 Å². The Morgan fingerprint density at radius 1 is 0.850 bits per heavy atom. The third-order valence-electron chi connectivity index (χ3n) is 3.11. The maximum Gasteiger partial charge on any atom is 0.864 e. The van der Waals surface area contributed by atoms with Gasteiger partial charge in [-0.3, -0.25) is 4.98 Å². The number of rotatable bonds is 2. The Hall–Kier alpha value is -2.69. The minimum absolute atomic E-state index is 0.640. The first-order valence-electron chi connectivity index (χ1n) is 6.33. The molecule has 0 spiro atoms. The van der Waals surface area contributed by atoms with Crippen molar-refractivity contribution < 1.29 is 14.0 Å². The lowest BCUT2D eigenvalue weighted by Crippen LogP contribution is -2.32. The lowest BCUT2D eigenvalue weighted by atomic mass is 10.2. The second-order valence-electron chi connectivity index (χ2n) is 4.42. The van der Waals surface area contributed by atoms with E-state index in [2.05, 4.69) is 4.98 Å². The number of aromatic nitrogens is 1. The van der Waals surface area contributed by atoms with Crippen LogP contribution in [0.4, 0.5) is 0 Å². The summed E-state index contributed by atoms with van der Waals surface area (Å²) in [5, 5.41) is 1.01. The maximum atomic E-state index is 5.76. The second-order valence-corrected chi connectivity index (χ2v) is 4.42. The van der Waals surface area contributed by atoms with Crippen molar-refractivity contribution in [2.24, 2.45) is 0 Å². The van der Waals surface area contributed by atoms with E-state index in [1.54, 1.807) is 6.20 Å². The predicted molar refractivity (Wildman–Crippen MR) is 75.8 cm³/mol. The molecule has 0 amide bonds. The molecular formula is C15H10BNO3. The van der Waals surface area contributed by atoms with Gasteiger partial charge in [-0.25, -0.2) is 0 Å². The first kappa shape index (κ1) is 11.2. The molecule has 0 N–H and O–H groups in total. The topological polar surface area (TPSA) is 40.6 Å². The first-order chi connectivity index (χ1) is 9.90. The molecule has 2 heterocycles. The highest BCUT2D eigenvalue weighted by molar-refractivity contribution is 6.41. The molecular weight excluding hydrogens is 253 g/mol. The van der Waals surface area contributed by atoms with E-state index in [0.717, 1.165) is 10.9 Å². The fourth-order valence-electron chi connectivity index (χ4n) is 2.20. The average Bonchev–Trinajstić information content (AvgIpc) is 2.90. The smallest absolute Gasteiger partial charge is 0.488 e. The molecule has 20 heavy (non-hydrogen) atoms. The van der Waals surface area contributed by atoms with Gasteiger partial charge in [0, 0.05) is 11.6 Å². The van der Waals surface area contributed by atoms with Crippen LogP contribution in [0.15, 0.2) is 60.8 Å². The van der Waals surface area contributed by atoms with Crippen molar-refractivity contribution >= 4 is 18.2 Å². The van der Waals surface area contributed by atoms with Crippen molar-refractivity contribution in [3.63, 3.8) is 0 Å². The summed E-state index contributed by atoms with van der Waals surface area (Å²) in [5.41, 5.74) is 0.790. The largest absolute Gasteiger partial charge is 0.864 e. The van der Waals surface area contributed by atoms with Crippen LogP contribution in [0.5, 0.6) is 17.2 Å². The number of hydrogen-bond donors (Lipinski definition) is 0. The van der Waals surface area contributed by atoms with Gasteiger partial charge >= 0.3 is 7.32 Å². The summed E-state index contributed by atoms with van der Waals surface area (Å²) < 4.78 is 16.9. The van der Waals surface area contributed by atoms with Gasteiger partial charge in [-0.2, -0.15) is 0 Å². The number of para-hydroxylation sites is 3. The molecule has 2 aromatic carbocycles. The average molecular weight is 263 g/mol. The Bertz CT molecular complexity index is 747. The third kappa shape index (κ3) is 1.84. The molecule has 0 saturated carbocycles. The third-order valence-corrected chi connectivity index (χ3v) is 3.11. The van der Waals surface area contributed by atoms with Crippen LogP contribution in [0.1, 0.15) is 0 Å². The van der Waals surface area contributed by atoms with Gasteiger partial charge in [0.15, 0.2) is 0 Å². The van der Waals surface area contributed by atoms with Crippen LogP contribution in [-0.2, 0) is 0 Å². The van der Waals surface area contributed by atoms with E-state index in [0.29, 0.717) is 17.2 Å². The molecule has 0 atom stereocenters. The molecule has 1 aliphatic heterocycles. The predicted octanol–water partition coefficient (Wildman–Crippen LogP) is 3.07. The highest BCUT2D eigenvalue weighted by atomic mass is 16.8. The van der Waals surface area contributed by atoms with Crippen LogP contribution >= 0.6 is 0 Å². The molecule has 0 radical (unpaired) electrons. The number of nitrogens with zero attached hydrogens (tertiary/aromatic N) is 1. The number of pyridine rings is 1. The van der Waals surface area contributed by atoms with E-state index < -0.39 is 7.32 Å². The minimum Gasteiger partial charge on any atom is -0.488 e. The Morgan fingerprint density at radius 3 is 2.40 bits per heavy atom. The van der Waals surface area contributed by atoms with Gasteiger partial charge < -0.3 is 14.0 Å². The van der Waals surface area contributed by atoms with E-state index in [-0.39, 0.29) is 0 Å². The standard InChI is InChI=1S/C15H10BNO3/c1-2-8-13-12(7-1)18-16(19-13)20-14-9-3-5-11-6-4-10-17-15(11)14/h1-10H. The van der Waals surface area contributed by atoms with Crippen molar-refractivity contribution in [3.8, 4) is 17.2 Å². The SMILES string of the molecule is c1ccc2c(c1)OB(Oc1cccc3cccnc13)O2. The molecule has 4 rings (SSSR count). The summed E-state index contributed by atoms with van der Waals surface area (Å²) in [6.45, 7) is 0. The van der Waals surface area contributed by atoms with Gasteiger partial charge in [-0.15, -0.1) is 0 Å². The molecule has 1 aromatic heterocycles. The van der Waals surface area contributed by atoms with Crippen molar-refractivity contribution in [2.75, 3.05) is 0 Å². The molecule has 0 aliphatic carbocycles. The van der Waals surface area contributed by atoms with Crippen molar-refractivity contribution in [1.29, 1.82) is 0 Å². The Balaban J connectivity index is 1.64. The van der Waals surface area contributed by atoms with E-state index in [4.69, 9.17) is 14.0 Å². The van der Waals surface area contributed by atoms with Crippen LogP contribution in [0, 0.1) is 0 Å². The molecule has 96 valence electrons. The lowest BCUT2D eigenvalue weighted by molar-refractivity contribution is 0.353. The van der Waals surface area contributed by atoms with Gasteiger partial charge in [-0.05, 0) is 24.3 Å². The second kappa shape index (κ2) is 4.45. The maximum absolute atomic E-state index is 5.76. The van der Waals surface area contributed by atoms with Gasteiger partial charge in [0.2, 0.25) is 0 Å². The molecule has 5 heteroatoms. The first-order valence-corrected chi connectivity index (χ1v) is 6.33. The van der Waals surface area contributed by atoms with Crippen molar-refractivity contribution in [2.45, 2.75) is 0 Å². The summed E-state index contributed by atoms with van der Waals surface area (Å²) in [6.07, 6.45) is 1.74. The zero-order valence-corrected chi connectivity index (χ0v) is 10.5. The number of fused-ring (bicyclic) bond motifs is 2. The normalized spacial score (nSPS) is 12.7. The molecule has 0 fully saturated rings. The fraction of sp³-hybridized carbons (Fsp3) is 0. The summed E-state index contributed by atoms with van der Waals surface area (Å²) in [5.74, 6) is 2.01. The van der Waals surface area contributed by atoms with E-state index in [1.165, 1.54) is 0 Å². The number of hydrogen-bond acceptors (Lipinski definition) is 4. The Morgan fingerprint density at radius 2 is 1.60 bits per heavy atom. The quantitative estimate of drug-likeness (QED) is 0.666. The fourth-order valence-corrected chi connectivity index (χ4v) is 2.20. The Kier molecular flexibility index (Phi) is 2.49.